The van der Waals surface area contributed by atoms with Gasteiger partial charge in [0.05, 0.1) is 16.5 Å². The van der Waals surface area contributed by atoms with E-state index in [4.69, 9.17) is 0 Å². The zero-order valence-electron chi connectivity index (χ0n) is 13.9. The molecule has 8 heteroatoms. The third-order valence-corrected chi connectivity index (χ3v) is 5.36. The predicted octanol–water partition coefficient (Wildman–Crippen LogP) is 1.30. The second kappa shape index (κ2) is 6.74. The van der Waals surface area contributed by atoms with Crippen molar-refractivity contribution in [3.63, 3.8) is 0 Å². The average molecular weight is 351 g/mol. The molecule has 2 rings (SSSR count). The van der Waals surface area contributed by atoms with Gasteiger partial charge in [-0.25, -0.2) is 13.1 Å². The van der Waals surface area contributed by atoms with Crippen LogP contribution in [0.15, 0.2) is 41.6 Å². The standard InChI is InChI=1S/C16H21N3O4S/c1-16(2,15(20)21)13-4-6-14(7-5-13)24(22,23)18-9-8-12-10-17-19(3)11-12/h4-7,10-11,18H,8-9H2,1-3H3,(H,20,21). The number of hydrogen-bond donors (Lipinski definition) is 2. The first kappa shape index (κ1) is 18.2. The highest BCUT2D eigenvalue weighted by Crippen LogP contribution is 2.24. The van der Waals surface area contributed by atoms with Gasteiger partial charge in [-0.15, -0.1) is 0 Å². The molecule has 0 amide bonds. The minimum absolute atomic E-state index is 0.110. The van der Waals surface area contributed by atoms with Gasteiger partial charge in [-0.2, -0.15) is 5.10 Å². The first-order valence-corrected chi connectivity index (χ1v) is 8.92. The minimum atomic E-state index is -3.63. The highest BCUT2D eigenvalue weighted by Gasteiger charge is 2.29. The Bertz CT molecular complexity index is 823. The molecule has 2 N–H and O–H groups in total. The summed E-state index contributed by atoms with van der Waals surface area (Å²) in [6, 6.07) is 5.91. The number of nitrogens with zero attached hydrogens (tertiary/aromatic N) is 2. The Kier molecular flexibility index (Phi) is 5.10. The smallest absolute Gasteiger partial charge is 0.313 e. The number of hydrogen-bond acceptors (Lipinski definition) is 4. The number of aryl methyl sites for hydroxylation is 1. The van der Waals surface area contributed by atoms with E-state index in [0.29, 0.717) is 12.0 Å². The highest BCUT2D eigenvalue weighted by molar-refractivity contribution is 7.89. The van der Waals surface area contributed by atoms with Crippen LogP contribution in [-0.2, 0) is 33.7 Å². The summed E-state index contributed by atoms with van der Waals surface area (Å²) in [6.07, 6.45) is 4.06. The molecule has 0 aliphatic carbocycles. The van der Waals surface area contributed by atoms with E-state index in [1.807, 2.05) is 6.20 Å². The normalized spacial score (nSPS) is 12.3. The van der Waals surface area contributed by atoms with Crippen LogP contribution in [-0.4, -0.2) is 35.8 Å². The van der Waals surface area contributed by atoms with Crippen LogP contribution in [0.5, 0.6) is 0 Å². The van der Waals surface area contributed by atoms with Crippen LogP contribution in [0.3, 0.4) is 0 Å². The van der Waals surface area contributed by atoms with Gasteiger partial charge in [0, 0.05) is 19.8 Å². The summed E-state index contributed by atoms with van der Waals surface area (Å²) < 4.78 is 28.7. The molecule has 1 heterocycles. The number of carbonyl (C=O) groups is 1. The van der Waals surface area contributed by atoms with Crippen molar-refractivity contribution < 1.29 is 18.3 Å². The van der Waals surface area contributed by atoms with Gasteiger partial charge in [-0.05, 0) is 43.5 Å². The molecule has 24 heavy (non-hydrogen) atoms. The summed E-state index contributed by atoms with van der Waals surface area (Å²) in [5.74, 6) is -0.965. The largest absolute Gasteiger partial charge is 0.481 e. The molecular weight excluding hydrogens is 330 g/mol. The summed E-state index contributed by atoms with van der Waals surface area (Å²) in [6.45, 7) is 3.41. The molecule has 7 nitrogen and oxygen atoms in total. The Morgan fingerprint density at radius 1 is 1.29 bits per heavy atom. The van der Waals surface area contributed by atoms with E-state index in [-0.39, 0.29) is 11.4 Å². The molecule has 0 atom stereocenters. The fraction of sp³-hybridized carbons (Fsp3) is 0.375. The van der Waals surface area contributed by atoms with Gasteiger partial charge >= 0.3 is 5.97 Å². The Hall–Kier alpha value is -2.19. The van der Waals surface area contributed by atoms with Crippen LogP contribution < -0.4 is 4.72 Å². The van der Waals surface area contributed by atoms with Gasteiger partial charge in [0.25, 0.3) is 0 Å². The number of nitrogens with one attached hydrogen (secondary N) is 1. The van der Waals surface area contributed by atoms with E-state index in [1.165, 1.54) is 24.3 Å². The van der Waals surface area contributed by atoms with Crippen molar-refractivity contribution in [2.24, 2.45) is 7.05 Å². The van der Waals surface area contributed by atoms with Gasteiger partial charge in [-0.1, -0.05) is 12.1 Å². The maximum Gasteiger partial charge on any atom is 0.313 e. The number of rotatable bonds is 7. The highest BCUT2D eigenvalue weighted by atomic mass is 32.2. The van der Waals surface area contributed by atoms with E-state index in [9.17, 15) is 18.3 Å². The van der Waals surface area contributed by atoms with Crippen molar-refractivity contribution in [1.82, 2.24) is 14.5 Å². The summed E-state index contributed by atoms with van der Waals surface area (Å²) in [5, 5.41) is 13.2. The van der Waals surface area contributed by atoms with Crippen molar-refractivity contribution in [2.75, 3.05) is 6.54 Å². The maximum atomic E-state index is 12.3. The zero-order chi connectivity index (χ0) is 18.0. The van der Waals surface area contributed by atoms with Gasteiger partial charge in [-0.3, -0.25) is 9.48 Å². The van der Waals surface area contributed by atoms with Crippen LogP contribution in [0.4, 0.5) is 0 Å². The van der Waals surface area contributed by atoms with Crippen molar-refractivity contribution in [3.8, 4) is 0 Å². The number of sulfonamides is 1. The summed E-state index contributed by atoms with van der Waals surface area (Å²) in [5.41, 5.74) is 0.416. The molecule has 0 saturated heterocycles. The second-order valence-electron chi connectivity index (χ2n) is 6.12. The molecule has 0 saturated carbocycles. The number of aliphatic carboxylic acids is 1. The molecule has 0 aliphatic rings. The number of benzene rings is 1. The van der Waals surface area contributed by atoms with E-state index >= 15 is 0 Å². The van der Waals surface area contributed by atoms with Crippen LogP contribution in [0.2, 0.25) is 0 Å². The Labute approximate surface area is 141 Å². The topological polar surface area (TPSA) is 101 Å². The van der Waals surface area contributed by atoms with E-state index < -0.39 is 21.4 Å². The lowest BCUT2D eigenvalue weighted by atomic mass is 9.85. The quantitative estimate of drug-likeness (QED) is 0.783. The SMILES string of the molecule is Cn1cc(CCNS(=O)(=O)c2ccc(C(C)(C)C(=O)O)cc2)cn1. The van der Waals surface area contributed by atoms with E-state index in [1.54, 1.807) is 31.8 Å². The number of carboxylic acids is 1. The molecular formula is C16H21N3O4S. The maximum absolute atomic E-state index is 12.3. The molecule has 130 valence electrons. The first-order valence-electron chi connectivity index (χ1n) is 7.44. The molecule has 0 fully saturated rings. The molecule has 0 spiro atoms. The summed E-state index contributed by atoms with van der Waals surface area (Å²) in [4.78, 5) is 11.4. The third-order valence-electron chi connectivity index (χ3n) is 3.89. The monoisotopic (exact) mass is 351 g/mol. The Morgan fingerprint density at radius 3 is 2.42 bits per heavy atom. The van der Waals surface area contributed by atoms with Crippen molar-refractivity contribution in [2.45, 2.75) is 30.6 Å². The number of aromatic nitrogens is 2. The molecule has 0 aliphatic heterocycles. The first-order chi connectivity index (χ1) is 11.1. The molecule has 0 radical (unpaired) electrons. The fourth-order valence-corrected chi connectivity index (χ4v) is 3.22. The van der Waals surface area contributed by atoms with Gasteiger partial charge in [0.1, 0.15) is 0 Å². The van der Waals surface area contributed by atoms with Gasteiger partial charge < -0.3 is 5.11 Å². The molecule has 1 aromatic carbocycles. The second-order valence-corrected chi connectivity index (χ2v) is 7.89. The van der Waals surface area contributed by atoms with Crippen LogP contribution in [0.1, 0.15) is 25.0 Å². The van der Waals surface area contributed by atoms with Crippen LogP contribution in [0, 0.1) is 0 Å². The van der Waals surface area contributed by atoms with Crippen LogP contribution >= 0.6 is 0 Å². The molecule has 0 bridgehead atoms. The van der Waals surface area contributed by atoms with Crippen molar-refractivity contribution in [1.29, 1.82) is 0 Å². The van der Waals surface area contributed by atoms with Gasteiger partial charge in [0.2, 0.25) is 10.0 Å². The van der Waals surface area contributed by atoms with E-state index in [0.717, 1.165) is 5.56 Å². The van der Waals surface area contributed by atoms with Crippen LogP contribution in [0.25, 0.3) is 0 Å². The Morgan fingerprint density at radius 2 is 1.92 bits per heavy atom. The number of carboxylic acid groups (broad SMARTS) is 1. The fourth-order valence-electron chi connectivity index (χ4n) is 2.19. The average Bonchev–Trinajstić information content (AvgIpc) is 2.92. The molecule has 0 unspecified atom stereocenters. The summed E-state index contributed by atoms with van der Waals surface area (Å²) in [7, 11) is -1.83. The van der Waals surface area contributed by atoms with Crippen molar-refractivity contribution in [3.05, 3.63) is 47.8 Å². The minimum Gasteiger partial charge on any atom is -0.481 e. The lowest BCUT2D eigenvalue weighted by molar-refractivity contribution is -0.142. The lowest BCUT2D eigenvalue weighted by Crippen LogP contribution is -2.29. The third kappa shape index (κ3) is 4.01. The van der Waals surface area contributed by atoms with E-state index in [2.05, 4.69) is 9.82 Å². The molecule has 1 aromatic heterocycles. The lowest BCUT2D eigenvalue weighted by Gasteiger charge is -2.19. The predicted molar refractivity (Wildman–Crippen MR) is 89.2 cm³/mol. The zero-order valence-corrected chi connectivity index (χ0v) is 14.7. The molecule has 2 aromatic rings. The Balaban J connectivity index is 2.05. The van der Waals surface area contributed by atoms with Crippen molar-refractivity contribution >= 4 is 16.0 Å². The van der Waals surface area contributed by atoms with Gasteiger partial charge in [0.15, 0.2) is 0 Å². The summed E-state index contributed by atoms with van der Waals surface area (Å²) >= 11 is 0.